The number of carbonyl (C=O) groups is 2. The van der Waals surface area contributed by atoms with Crippen molar-refractivity contribution in [1.29, 1.82) is 0 Å². The molecule has 21 heavy (non-hydrogen) atoms. The molecule has 1 heterocycles. The zero-order valence-electron chi connectivity index (χ0n) is 11.7. The van der Waals surface area contributed by atoms with E-state index >= 15 is 0 Å². The van der Waals surface area contributed by atoms with Crippen LogP contribution in [0.2, 0.25) is 0 Å². The fourth-order valence-corrected chi connectivity index (χ4v) is 2.13. The maximum absolute atomic E-state index is 11.8. The first kappa shape index (κ1) is 15.2. The van der Waals surface area contributed by atoms with Gasteiger partial charge < -0.3 is 10.1 Å². The van der Waals surface area contributed by atoms with Gasteiger partial charge in [-0.25, -0.2) is 9.78 Å². The lowest BCUT2D eigenvalue weighted by molar-refractivity contribution is 0.0499. The van der Waals surface area contributed by atoms with Crippen molar-refractivity contribution in [3.05, 3.63) is 46.4 Å². The highest BCUT2D eigenvalue weighted by Gasteiger charge is 2.10. The second-order valence-corrected chi connectivity index (χ2v) is 5.11. The van der Waals surface area contributed by atoms with Crippen molar-refractivity contribution >= 4 is 28.9 Å². The van der Waals surface area contributed by atoms with Crippen LogP contribution in [0.1, 0.15) is 40.6 Å². The van der Waals surface area contributed by atoms with Gasteiger partial charge in [0.2, 0.25) is 0 Å². The van der Waals surface area contributed by atoms with Gasteiger partial charge in [-0.05, 0) is 30.7 Å². The van der Waals surface area contributed by atoms with E-state index in [1.54, 1.807) is 35.2 Å². The molecule has 2 rings (SSSR count). The highest BCUT2D eigenvalue weighted by molar-refractivity contribution is 7.07. The second-order valence-electron chi connectivity index (χ2n) is 4.39. The number of amides is 1. The minimum Gasteiger partial charge on any atom is -0.462 e. The third kappa shape index (κ3) is 4.39. The zero-order valence-corrected chi connectivity index (χ0v) is 12.5. The maximum Gasteiger partial charge on any atom is 0.338 e. The normalized spacial score (nSPS) is 10.1. The van der Waals surface area contributed by atoms with Crippen LogP contribution in [-0.2, 0) is 4.74 Å². The van der Waals surface area contributed by atoms with Gasteiger partial charge in [-0.15, -0.1) is 11.3 Å². The molecule has 2 aromatic rings. The Morgan fingerprint density at radius 3 is 2.67 bits per heavy atom. The number of ether oxygens (including phenoxy) is 1. The number of anilines is 1. The molecule has 0 radical (unpaired) electrons. The van der Waals surface area contributed by atoms with Crippen LogP contribution in [0.5, 0.6) is 0 Å². The third-order valence-electron chi connectivity index (χ3n) is 2.77. The third-order valence-corrected chi connectivity index (χ3v) is 3.36. The average Bonchev–Trinajstić information content (AvgIpc) is 3.02. The average molecular weight is 304 g/mol. The number of esters is 1. The first-order chi connectivity index (χ1) is 10.2. The minimum absolute atomic E-state index is 0.269. The molecule has 0 aliphatic rings. The number of hydrogen-bond donors (Lipinski definition) is 1. The molecule has 1 aromatic carbocycles. The summed E-state index contributed by atoms with van der Waals surface area (Å²) in [7, 11) is 0. The molecule has 0 atom stereocenters. The van der Waals surface area contributed by atoms with Crippen molar-refractivity contribution in [3.8, 4) is 0 Å². The summed E-state index contributed by atoms with van der Waals surface area (Å²) in [5.74, 6) is -0.615. The van der Waals surface area contributed by atoms with Crippen molar-refractivity contribution < 1.29 is 14.3 Å². The summed E-state index contributed by atoms with van der Waals surface area (Å²) in [6.07, 6.45) is 1.84. The standard InChI is InChI=1S/C15H16N2O3S/c1-2-3-8-20-15(19)11-4-6-12(7-5-11)17-14(18)13-9-21-10-16-13/h4-7,9-10H,2-3,8H2,1H3,(H,17,18). The van der Waals surface area contributed by atoms with Gasteiger partial charge >= 0.3 is 5.97 Å². The van der Waals surface area contributed by atoms with E-state index in [1.165, 1.54) is 11.3 Å². The second kappa shape index (κ2) is 7.54. The predicted octanol–water partition coefficient (Wildman–Crippen LogP) is 3.35. The van der Waals surface area contributed by atoms with E-state index in [0.29, 0.717) is 23.6 Å². The van der Waals surface area contributed by atoms with Crippen LogP contribution in [0, 0.1) is 0 Å². The van der Waals surface area contributed by atoms with Crippen molar-refractivity contribution in [2.75, 3.05) is 11.9 Å². The van der Waals surface area contributed by atoms with E-state index in [9.17, 15) is 9.59 Å². The summed E-state index contributed by atoms with van der Waals surface area (Å²) in [4.78, 5) is 27.5. The number of aromatic nitrogens is 1. The van der Waals surface area contributed by atoms with Crippen molar-refractivity contribution in [2.24, 2.45) is 0 Å². The molecule has 0 aliphatic carbocycles. The zero-order chi connectivity index (χ0) is 15.1. The number of unbranched alkanes of at least 4 members (excludes halogenated alkanes) is 1. The van der Waals surface area contributed by atoms with E-state index in [0.717, 1.165) is 12.8 Å². The fourth-order valence-electron chi connectivity index (χ4n) is 1.60. The van der Waals surface area contributed by atoms with Gasteiger partial charge in [0.25, 0.3) is 5.91 Å². The molecule has 1 aromatic heterocycles. The van der Waals surface area contributed by atoms with Gasteiger partial charge in [-0.2, -0.15) is 0 Å². The number of benzene rings is 1. The lowest BCUT2D eigenvalue weighted by atomic mass is 10.2. The van der Waals surface area contributed by atoms with Crippen molar-refractivity contribution in [1.82, 2.24) is 4.98 Å². The summed E-state index contributed by atoms with van der Waals surface area (Å²) in [6, 6.07) is 6.59. The predicted molar refractivity (Wildman–Crippen MR) is 81.7 cm³/mol. The molecule has 0 spiro atoms. The molecule has 5 nitrogen and oxygen atoms in total. The summed E-state index contributed by atoms with van der Waals surface area (Å²) in [5.41, 5.74) is 3.06. The number of thiazole rings is 1. The number of hydrogen-bond acceptors (Lipinski definition) is 5. The Balaban J connectivity index is 1.92. The molecule has 0 saturated heterocycles. The van der Waals surface area contributed by atoms with Gasteiger partial charge in [0, 0.05) is 11.1 Å². The summed E-state index contributed by atoms with van der Waals surface area (Å²) in [6.45, 7) is 2.46. The largest absolute Gasteiger partial charge is 0.462 e. The Morgan fingerprint density at radius 1 is 1.29 bits per heavy atom. The molecule has 1 amide bonds. The molecule has 6 heteroatoms. The highest BCUT2D eigenvalue weighted by atomic mass is 32.1. The van der Waals surface area contributed by atoms with E-state index in [1.807, 2.05) is 6.92 Å². The minimum atomic E-state index is -0.346. The Hall–Kier alpha value is -2.21. The molecule has 0 bridgehead atoms. The van der Waals surface area contributed by atoms with E-state index in [4.69, 9.17) is 4.74 Å². The first-order valence-corrected chi connectivity index (χ1v) is 7.61. The molecule has 0 fully saturated rings. The van der Waals surface area contributed by atoms with Crippen LogP contribution < -0.4 is 5.32 Å². The number of rotatable bonds is 6. The summed E-state index contributed by atoms with van der Waals surface area (Å²) < 4.78 is 5.11. The smallest absolute Gasteiger partial charge is 0.338 e. The topological polar surface area (TPSA) is 68.3 Å². The van der Waals surface area contributed by atoms with Gasteiger partial charge in [0.1, 0.15) is 5.69 Å². The van der Waals surface area contributed by atoms with E-state index in [2.05, 4.69) is 10.3 Å². The number of carbonyl (C=O) groups excluding carboxylic acids is 2. The molecule has 0 aliphatic heterocycles. The van der Waals surface area contributed by atoms with E-state index < -0.39 is 0 Å². The van der Waals surface area contributed by atoms with Crippen LogP contribution in [0.25, 0.3) is 0 Å². The maximum atomic E-state index is 11.8. The van der Waals surface area contributed by atoms with Crippen LogP contribution >= 0.6 is 11.3 Å². The fraction of sp³-hybridized carbons (Fsp3) is 0.267. The Morgan fingerprint density at radius 2 is 2.05 bits per heavy atom. The van der Waals surface area contributed by atoms with Gasteiger partial charge in [-0.1, -0.05) is 13.3 Å². The highest BCUT2D eigenvalue weighted by Crippen LogP contribution is 2.12. The first-order valence-electron chi connectivity index (χ1n) is 6.67. The van der Waals surface area contributed by atoms with Crippen LogP contribution in [0.15, 0.2) is 35.2 Å². The molecule has 110 valence electrons. The number of nitrogens with one attached hydrogen (secondary N) is 1. The Labute approximate surface area is 127 Å². The molecule has 0 unspecified atom stereocenters. The molecule has 1 N–H and O–H groups in total. The monoisotopic (exact) mass is 304 g/mol. The molecule has 0 saturated carbocycles. The molecular formula is C15H16N2O3S. The quantitative estimate of drug-likeness (QED) is 0.656. The Bertz CT molecular complexity index is 594. The van der Waals surface area contributed by atoms with Gasteiger partial charge in [0.05, 0.1) is 17.7 Å². The lowest BCUT2D eigenvalue weighted by Crippen LogP contribution is -2.12. The van der Waals surface area contributed by atoms with Gasteiger partial charge in [0.15, 0.2) is 0 Å². The summed E-state index contributed by atoms with van der Waals surface area (Å²) in [5, 5.41) is 4.39. The van der Waals surface area contributed by atoms with Crippen LogP contribution in [-0.4, -0.2) is 23.5 Å². The van der Waals surface area contributed by atoms with Crippen LogP contribution in [0.3, 0.4) is 0 Å². The Kier molecular flexibility index (Phi) is 5.45. The number of nitrogens with zero attached hydrogens (tertiary/aromatic N) is 1. The van der Waals surface area contributed by atoms with Crippen molar-refractivity contribution in [3.63, 3.8) is 0 Å². The summed E-state index contributed by atoms with van der Waals surface area (Å²) >= 11 is 1.36. The van der Waals surface area contributed by atoms with Gasteiger partial charge in [-0.3, -0.25) is 4.79 Å². The lowest BCUT2D eigenvalue weighted by Gasteiger charge is -2.06. The SMILES string of the molecule is CCCCOC(=O)c1ccc(NC(=O)c2cscn2)cc1. The van der Waals surface area contributed by atoms with Crippen molar-refractivity contribution in [2.45, 2.75) is 19.8 Å². The molecular weight excluding hydrogens is 288 g/mol. The van der Waals surface area contributed by atoms with Crippen LogP contribution in [0.4, 0.5) is 5.69 Å². The van der Waals surface area contributed by atoms with E-state index in [-0.39, 0.29) is 11.9 Å².